The van der Waals surface area contributed by atoms with Crippen LogP contribution in [0.5, 0.6) is 0 Å². The molecule has 0 radical (unpaired) electrons. The Bertz CT molecular complexity index is 535. The largest absolute Gasteiger partial charge is 0.355 e. The first kappa shape index (κ1) is 19.2. The van der Waals surface area contributed by atoms with Crippen LogP contribution in [0.1, 0.15) is 52.4 Å². The lowest BCUT2D eigenvalue weighted by Crippen LogP contribution is -2.63. The quantitative estimate of drug-likeness (QED) is 0.731. The summed E-state index contributed by atoms with van der Waals surface area (Å²) in [6, 6.07) is -0.0791. The van der Waals surface area contributed by atoms with Crippen molar-refractivity contribution in [2.24, 2.45) is 17.8 Å². The van der Waals surface area contributed by atoms with Crippen molar-refractivity contribution in [3.8, 4) is 0 Å². The Balaban J connectivity index is 1.27. The van der Waals surface area contributed by atoms with E-state index in [0.717, 1.165) is 43.9 Å². The maximum atomic E-state index is 13.0. The molecule has 0 aromatic rings. The summed E-state index contributed by atoms with van der Waals surface area (Å²) >= 11 is 0. The molecule has 4 saturated carbocycles. The first-order valence-electron chi connectivity index (χ1n) is 11.0. The Kier molecular flexibility index (Phi) is 5.48. The van der Waals surface area contributed by atoms with E-state index in [1.54, 1.807) is 0 Å². The Labute approximate surface area is 163 Å². The summed E-state index contributed by atoms with van der Waals surface area (Å²) in [5.74, 6) is 2.87. The fourth-order valence-corrected chi connectivity index (χ4v) is 6.56. The third-order valence-electron chi connectivity index (χ3n) is 7.50. The number of nitrogens with one attached hydrogen (secondary N) is 2. The number of hydrogen-bond donors (Lipinski definition) is 2. The van der Waals surface area contributed by atoms with Crippen molar-refractivity contribution in [2.45, 2.75) is 64.0 Å². The van der Waals surface area contributed by atoms with Crippen LogP contribution in [0.2, 0.25) is 0 Å². The van der Waals surface area contributed by atoms with Gasteiger partial charge in [-0.3, -0.25) is 19.4 Å². The van der Waals surface area contributed by atoms with Gasteiger partial charge in [0, 0.05) is 38.3 Å². The predicted molar refractivity (Wildman–Crippen MR) is 105 cm³/mol. The molecule has 1 atom stereocenters. The molecular weight excluding hydrogens is 340 g/mol. The van der Waals surface area contributed by atoms with Gasteiger partial charge in [0.1, 0.15) is 0 Å². The summed E-state index contributed by atoms with van der Waals surface area (Å²) in [6.45, 7) is 8.56. The standard InChI is InChI=1S/C21H36N4O2/c1-3-22-19(26)14-24-4-6-25(7-5-24)15(2)20(27)23-21-11-16-8-17(12-21)10-18(9-16)13-21/h15-18H,3-14H2,1-2H3,(H,22,26)(H,23,27). The Morgan fingerprint density at radius 3 is 2.07 bits per heavy atom. The van der Waals surface area contributed by atoms with Gasteiger partial charge in [0.2, 0.25) is 11.8 Å². The molecule has 1 saturated heterocycles. The summed E-state index contributed by atoms with van der Waals surface area (Å²) in [4.78, 5) is 29.3. The van der Waals surface area contributed by atoms with E-state index in [2.05, 4.69) is 27.4 Å². The van der Waals surface area contributed by atoms with Gasteiger partial charge < -0.3 is 10.6 Å². The predicted octanol–water partition coefficient (Wildman–Crippen LogP) is 1.21. The van der Waals surface area contributed by atoms with Gasteiger partial charge in [-0.25, -0.2) is 0 Å². The lowest BCUT2D eigenvalue weighted by molar-refractivity contribution is -0.133. The van der Waals surface area contributed by atoms with E-state index in [4.69, 9.17) is 0 Å². The minimum Gasteiger partial charge on any atom is -0.355 e. The number of carbonyl (C=O) groups excluding carboxylic acids is 2. The highest BCUT2D eigenvalue weighted by molar-refractivity contribution is 5.82. The van der Waals surface area contributed by atoms with Crippen LogP contribution < -0.4 is 10.6 Å². The van der Waals surface area contributed by atoms with Gasteiger partial charge in [-0.2, -0.15) is 0 Å². The fraction of sp³-hybridized carbons (Fsp3) is 0.905. The van der Waals surface area contributed by atoms with Crippen LogP contribution in [-0.4, -0.2) is 72.5 Å². The van der Waals surface area contributed by atoms with Crippen molar-refractivity contribution < 1.29 is 9.59 Å². The molecule has 6 nitrogen and oxygen atoms in total. The molecule has 4 aliphatic carbocycles. The van der Waals surface area contributed by atoms with Crippen molar-refractivity contribution >= 4 is 11.8 Å². The first-order valence-corrected chi connectivity index (χ1v) is 11.0. The number of rotatable bonds is 6. The number of piperazine rings is 1. The van der Waals surface area contributed by atoms with E-state index in [0.29, 0.717) is 13.1 Å². The molecule has 5 rings (SSSR count). The molecule has 27 heavy (non-hydrogen) atoms. The zero-order chi connectivity index (χ0) is 19.0. The Morgan fingerprint density at radius 2 is 1.56 bits per heavy atom. The van der Waals surface area contributed by atoms with Crippen molar-refractivity contribution in [1.29, 1.82) is 0 Å². The SMILES string of the molecule is CCNC(=O)CN1CCN(C(C)C(=O)NC23CC4CC(CC(C4)C2)C3)CC1. The van der Waals surface area contributed by atoms with Crippen LogP contribution in [-0.2, 0) is 9.59 Å². The second-order valence-corrected chi connectivity index (χ2v) is 9.63. The summed E-state index contributed by atoms with van der Waals surface area (Å²) in [6.07, 6.45) is 7.82. The minimum atomic E-state index is -0.0791. The van der Waals surface area contributed by atoms with Crippen LogP contribution in [0, 0.1) is 17.8 Å². The summed E-state index contributed by atoms with van der Waals surface area (Å²) in [5, 5.41) is 6.38. The highest BCUT2D eigenvalue weighted by Gasteiger charge is 2.51. The monoisotopic (exact) mass is 376 g/mol. The number of carbonyl (C=O) groups is 2. The summed E-state index contributed by atoms with van der Waals surface area (Å²) in [7, 11) is 0. The molecule has 6 heteroatoms. The van der Waals surface area contributed by atoms with E-state index in [9.17, 15) is 9.59 Å². The van der Waals surface area contributed by atoms with Gasteiger partial charge in [-0.15, -0.1) is 0 Å². The molecule has 0 spiro atoms. The van der Waals surface area contributed by atoms with Crippen LogP contribution in [0.3, 0.4) is 0 Å². The Hall–Kier alpha value is -1.14. The highest BCUT2D eigenvalue weighted by atomic mass is 16.2. The summed E-state index contributed by atoms with van der Waals surface area (Å²) in [5.41, 5.74) is 0.0974. The third kappa shape index (κ3) is 4.16. The van der Waals surface area contributed by atoms with Gasteiger partial charge in [-0.05, 0) is 70.1 Å². The number of nitrogens with zero attached hydrogens (tertiary/aromatic N) is 2. The molecule has 152 valence electrons. The van der Waals surface area contributed by atoms with Gasteiger partial charge in [-0.1, -0.05) is 0 Å². The maximum Gasteiger partial charge on any atom is 0.237 e. The van der Waals surface area contributed by atoms with Gasteiger partial charge in [0.15, 0.2) is 0 Å². The lowest BCUT2D eigenvalue weighted by atomic mass is 9.53. The second-order valence-electron chi connectivity index (χ2n) is 9.63. The topological polar surface area (TPSA) is 64.7 Å². The van der Waals surface area contributed by atoms with Crippen molar-refractivity contribution in [3.05, 3.63) is 0 Å². The van der Waals surface area contributed by atoms with E-state index >= 15 is 0 Å². The van der Waals surface area contributed by atoms with Crippen LogP contribution in [0.4, 0.5) is 0 Å². The molecule has 5 fully saturated rings. The number of amides is 2. The average Bonchev–Trinajstić information content (AvgIpc) is 2.60. The smallest absolute Gasteiger partial charge is 0.237 e. The number of likely N-dealkylation sites (N-methyl/N-ethyl adjacent to an activating group) is 1. The molecule has 1 heterocycles. The summed E-state index contributed by atoms with van der Waals surface area (Å²) < 4.78 is 0. The molecular formula is C21H36N4O2. The van der Waals surface area contributed by atoms with Crippen LogP contribution >= 0.6 is 0 Å². The van der Waals surface area contributed by atoms with Crippen molar-refractivity contribution in [2.75, 3.05) is 39.3 Å². The molecule has 0 aromatic heterocycles. The highest BCUT2D eigenvalue weighted by Crippen LogP contribution is 2.55. The molecule has 4 bridgehead atoms. The normalized spacial score (nSPS) is 37.2. The minimum absolute atomic E-state index is 0.0791. The van der Waals surface area contributed by atoms with E-state index in [1.165, 1.54) is 38.5 Å². The van der Waals surface area contributed by atoms with Crippen LogP contribution in [0.25, 0.3) is 0 Å². The molecule has 0 aromatic carbocycles. The molecule has 1 unspecified atom stereocenters. The van der Waals surface area contributed by atoms with E-state index in [1.807, 2.05) is 6.92 Å². The van der Waals surface area contributed by atoms with Gasteiger partial charge >= 0.3 is 0 Å². The molecule has 2 N–H and O–H groups in total. The van der Waals surface area contributed by atoms with Crippen LogP contribution in [0.15, 0.2) is 0 Å². The van der Waals surface area contributed by atoms with Gasteiger partial charge in [0.25, 0.3) is 0 Å². The first-order chi connectivity index (χ1) is 13.0. The van der Waals surface area contributed by atoms with E-state index < -0.39 is 0 Å². The number of hydrogen-bond acceptors (Lipinski definition) is 4. The van der Waals surface area contributed by atoms with E-state index in [-0.39, 0.29) is 23.4 Å². The molecule has 2 amide bonds. The zero-order valence-corrected chi connectivity index (χ0v) is 17.0. The van der Waals surface area contributed by atoms with Crippen molar-refractivity contribution in [1.82, 2.24) is 20.4 Å². The average molecular weight is 377 g/mol. The van der Waals surface area contributed by atoms with Gasteiger partial charge in [0.05, 0.1) is 12.6 Å². The molecule has 1 aliphatic heterocycles. The van der Waals surface area contributed by atoms with Crippen molar-refractivity contribution in [3.63, 3.8) is 0 Å². The second kappa shape index (κ2) is 7.70. The molecule has 5 aliphatic rings. The maximum absolute atomic E-state index is 13.0. The third-order valence-corrected chi connectivity index (χ3v) is 7.50. The Morgan fingerprint density at radius 1 is 1.00 bits per heavy atom. The zero-order valence-electron chi connectivity index (χ0n) is 17.0. The lowest BCUT2D eigenvalue weighted by Gasteiger charge is -2.57. The fourth-order valence-electron chi connectivity index (χ4n) is 6.56.